The first-order valence-corrected chi connectivity index (χ1v) is 7.15. The fourth-order valence-electron chi connectivity index (χ4n) is 2.60. The summed E-state index contributed by atoms with van der Waals surface area (Å²) < 4.78 is 2.14. The van der Waals surface area contributed by atoms with Crippen molar-refractivity contribution in [1.82, 2.24) is 20.0 Å². The van der Waals surface area contributed by atoms with Gasteiger partial charge in [0.2, 0.25) is 0 Å². The summed E-state index contributed by atoms with van der Waals surface area (Å²) in [6, 6.07) is 10.0. The molecular formula is C16H19N5. The molecule has 3 N–H and O–H groups in total. The first-order valence-electron chi connectivity index (χ1n) is 7.15. The van der Waals surface area contributed by atoms with Crippen LogP contribution in [0.5, 0.6) is 0 Å². The molecule has 2 heterocycles. The van der Waals surface area contributed by atoms with E-state index in [1.807, 2.05) is 30.6 Å². The zero-order chi connectivity index (χ0) is 14.7. The van der Waals surface area contributed by atoms with Crippen LogP contribution in [0.2, 0.25) is 0 Å². The smallest absolute Gasteiger partial charge is 0.131 e. The molecule has 0 spiro atoms. The average Bonchev–Trinajstić information content (AvgIpc) is 2.97. The molecule has 0 bridgehead atoms. The third-order valence-corrected chi connectivity index (χ3v) is 3.60. The van der Waals surface area contributed by atoms with Crippen molar-refractivity contribution < 1.29 is 0 Å². The maximum absolute atomic E-state index is 5.79. The molecule has 0 fully saturated rings. The summed E-state index contributed by atoms with van der Waals surface area (Å²) in [7, 11) is 0. The number of rotatable bonds is 5. The van der Waals surface area contributed by atoms with E-state index in [2.05, 4.69) is 39.0 Å². The lowest BCUT2D eigenvalue weighted by molar-refractivity contribution is 0.545. The monoisotopic (exact) mass is 281 g/mol. The lowest BCUT2D eigenvalue weighted by Gasteiger charge is -2.18. The Kier molecular flexibility index (Phi) is 3.94. The van der Waals surface area contributed by atoms with Crippen molar-refractivity contribution in [2.24, 2.45) is 5.84 Å². The molecule has 0 amide bonds. The predicted molar refractivity (Wildman–Crippen MR) is 83.4 cm³/mol. The molecule has 5 heteroatoms. The fourth-order valence-corrected chi connectivity index (χ4v) is 2.60. The molecule has 0 aliphatic rings. The lowest BCUT2D eigenvalue weighted by atomic mass is 10.0. The van der Waals surface area contributed by atoms with Crippen molar-refractivity contribution in [3.8, 4) is 0 Å². The summed E-state index contributed by atoms with van der Waals surface area (Å²) >= 11 is 0. The third kappa shape index (κ3) is 2.66. The molecule has 1 unspecified atom stereocenters. The zero-order valence-electron chi connectivity index (χ0n) is 12.0. The van der Waals surface area contributed by atoms with Gasteiger partial charge in [0.1, 0.15) is 11.9 Å². The van der Waals surface area contributed by atoms with Gasteiger partial charge < -0.3 is 4.57 Å². The molecule has 0 saturated heterocycles. The SMILES string of the molecule is CCCn1ccnc1C(NN)c1ccc2ncccc2c1. The molecule has 3 rings (SSSR count). The minimum absolute atomic E-state index is 0.129. The van der Waals surface area contributed by atoms with E-state index in [0.29, 0.717) is 0 Å². The highest BCUT2D eigenvalue weighted by Gasteiger charge is 2.18. The fraction of sp³-hybridized carbons (Fsp3) is 0.250. The van der Waals surface area contributed by atoms with Gasteiger partial charge in [-0.1, -0.05) is 19.1 Å². The Bertz CT molecular complexity index is 734. The van der Waals surface area contributed by atoms with Crippen LogP contribution in [-0.2, 0) is 6.54 Å². The molecule has 1 atom stereocenters. The second-order valence-electron chi connectivity index (χ2n) is 5.03. The minimum Gasteiger partial charge on any atom is -0.333 e. The standard InChI is InChI=1S/C16H19N5/c1-2-9-21-10-8-19-16(21)15(20-17)13-5-6-14-12(11-13)4-3-7-18-14/h3-8,10-11,15,20H,2,9,17H2,1H3. The largest absolute Gasteiger partial charge is 0.333 e. The summed E-state index contributed by atoms with van der Waals surface area (Å²) in [6.45, 7) is 3.08. The maximum atomic E-state index is 5.79. The van der Waals surface area contributed by atoms with Crippen molar-refractivity contribution >= 4 is 10.9 Å². The number of benzene rings is 1. The van der Waals surface area contributed by atoms with Crippen LogP contribution in [0.25, 0.3) is 10.9 Å². The van der Waals surface area contributed by atoms with E-state index >= 15 is 0 Å². The van der Waals surface area contributed by atoms with E-state index in [-0.39, 0.29) is 6.04 Å². The average molecular weight is 281 g/mol. The lowest BCUT2D eigenvalue weighted by Crippen LogP contribution is -2.31. The number of pyridine rings is 1. The van der Waals surface area contributed by atoms with Crippen LogP contribution in [0.15, 0.2) is 48.9 Å². The maximum Gasteiger partial charge on any atom is 0.131 e. The molecule has 21 heavy (non-hydrogen) atoms. The number of imidazole rings is 1. The van der Waals surface area contributed by atoms with E-state index in [9.17, 15) is 0 Å². The number of hydrogen-bond donors (Lipinski definition) is 2. The number of nitrogens with one attached hydrogen (secondary N) is 1. The van der Waals surface area contributed by atoms with Crippen molar-refractivity contribution in [3.63, 3.8) is 0 Å². The van der Waals surface area contributed by atoms with Crippen LogP contribution in [0.1, 0.15) is 30.8 Å². The second kappa shape index (κ2) is 6.03. The van der Waals surface area contributed by atoms with Crippen LogP contribution in [0.4, 0.5) is 0 Å². The Balaban J connectivity index is 2.03. The second-order valence-corrected chi connectivity index (χ2v) is 5.03. The number of hydrogen-bond acceptors (Lipinski definition) is 4. The summed E-state index contributed by atoms with van der Waals surface area (Å²) in [5.74, 6) is 6.72. The Morgan fingerprint density at radius 1 is 1.24 bits per heavy atom. The highest BCUT2D eigenvalue weighted by Crippen LogP contribution is 2.23. The molecular weight excluding hydrogens is 262 g/mol. The van der Waals surface area contributed by atoms with E-state index in [0.717, 1.165) is 35.3 Å². The van der Waals surface area contributed by atoms with Gasteiger partial charge in [-0.2, -0.15) is 0 Å². The zero-order valence-corrected chi connectivity index (χ0v) is 12.0. The minimum atomic E-state index is -0.129. The van der Waals surface area contributed by atoms with Crippen LogP contribution in [-0.4, -0.2) is 14.5 Å². The van der Waals surface area contributed by atoms with Gasteiger partial charge in [-0.15, -0.1) is 0 Å². The Morgan fingerprint density at radius 2 is 2.14 bits per heavy atom. The van der Waals surface area contributed by atoms with Gasteiger partial charge in [-0.25, -0.2) is 10.4 Å². The highest BCUT2D eigenvalue weighted by molar-refractivity contribution is 5.79. The highest BCUT2D eigenvalue weighted by atomic mass is 15.3. The quantitative estimate of drug-likeness (QED) is 0.556. The van der Waals surface area contributed by atoms with Gasteiger partial charge in [0, 0.05) is 30.5 Å². The number of fused-ring (bicyclic) bond motifs is 1. The Labute approximate surface area is 123 Å². The van der Waals surface area contributed by atoms with Crippen molar-refractivity contribution in [3.05, 3.63) is 60.3 Å². The van der Waals surface area contributed by atoms with E-state index in [1.165, 1.54) is 0 Å². The van der Waals surface area contributed by atoms with Gasteiger partial charge in [0.25, 0.3) is 0 Å². The first-order chi connectivity index (χ1) is 10.3. The normalized spacial score (nSPS) is 12.7. The molecule has 108 valence electrons. The van der Waals surface area contributed by atoms with Gasteiger partial charge in [-0.05, 0) is 30.2 Å². The van der Waals surface area contributed by atoms with Gasteiger partial charge in [-0.3, -0.25) is 10.8 Å². The van der Waals surface area contributed by atoms with Crippen molar-refractivity contribution in [1.29, 1.82) is 0 Å². The van der Waals surface area contributed by atoms with Gasteiger partial charge in [0.05, 0.1) is 5.52 Å². The summed E-state index contributed by atoms with van der Waals surface area (Å²) in [4.78, 5) is 8.81. The van der Waals surface area contributed by atoms with E-state index < -0.39 is 0 Å². The summed E-state index contributed by atoms with van der Waals surface area (Å²) in [5, 5.41) is 1.10. The van der Waals surface area contributed by atoms with Crippen LogP contribution in [0, 0.1) is 0 Å². The predicted octanol–water partition coefficient (Wildman–Crippen LogP) is 2.39. The van der Waals surface area contributed by atoms with Crippen LogP contribution < -0.4 is 11.3 Å². The number of hydrazine groups is 1. The Morgan fingerprint density at radius 3 is 2.95 bits per heavy atom. The number of aromatic nitrogens is 3. The molecule has 0 radical (unpaired) electrons. The Hall–Kier alpha value is -2.24. The van der Waals surface area contributed by atoms with Gasteiger partial charge >= 0.3 is 0 Å². The molecule has 5 nitrogen and oxygen atoms in total. The van der Waals surface area contributed by atoms with Crippen molar-refractivity contribution in [2.75, 3.05) is 0 Å². The molecule has 0 saturated carbocycles. The molecule has 0 aliphatic heterocycles. The number of aryl methyl sites for hydroxylation is 1. The van der Waals surface area contributed by atoms with Crippen molar-refractivity contribution in [2.45, 2.75) is 25.9 Å². The van der Waals surface area contributed by atoms with E-state index in [1.54, 1.807) is 6.20 Å². The molecule has 0 aliphatic carbocycles. The molecule has 1 aromatic carbocycles. The van der Waals surface area contributed by atoms with Gasteiger partial charge in [0.15, 0.2) is 0 Å². The first kappa shape index (κ1) is 13.7. The summed E-state index contributed by atoms with van der Waals surface area (Å²) in [5.41, 5.74) is 4.95. The summed E-state index contributed by atoms with van der Waals surface area (Å²) in [6.07, 6.45) is 6.67. The number of nitrogens with zero attached hydrogens (tertiary/aromatic N) is 3. The molecule has 2 aromatic heterocycles. The van der Waals surface area contributed by atoms with Crippen LogP contribution in [0.3, 0.4) is 0 Å². The molecule has 3 aromatic rings. The van der Waals surface area contributed by atoms with E-state index in [4.69, 9.17) is 5.84 Å². The topological polar surface area (TPSA) is 68.8 Å². The third-order valence-electron chi connectivity index (χ3n) is 3.60. The number of nitrogens with two attached hydrogens (primary N) is 1. The van der Waals surface area contributed by atoms with Crippen LogP contribution >= 0.6 is 0 Å².